The van der Waals surface area contributed by atoms with E-state index < -0.39 is 0 Å². The number of nitrogens with one attached hydrogen (secondary N) is 2. The zero-order valence-corrected chi connectivity index (χ0v) is 10.6. The first kappa shape index (κ1) is 12.9. The quantitative estimate of drug-likeness (QED) is 0.842. The van der Waals surface area contributed by atoms with Crippen LogP contribution in [0.3, 0.4) is 0 Å². The highest BCUT2D eigenvalue weighted by Gasteiger charge is 2.06. The Labute approximate surface area is 111 Å². The van der Waals surface area contributed by atoms with E-state index in [0.29, 0.717) is 24.6 Å². The highest BCUT2D eigenvalue weighted by atomic mass is 16.1. The van der Waals surface area contributed by atoms with Gasteiger partial charge in [-0.1, -0.05) is 0 Å². The van der Waals surface area contributed by atoms with Gasteiger partial charge in [0, 0.05) is 25.5 Å². The fraction of sp³-hybridized carbons (Fsp3) is 0.231. The third-order valence-electron chi connectivity index (χ3n) is 2.46. The van der Waals surface area contributed by atoms with Crippen LogP contribution in [0.2, 0.25) is 0 Å². The molecule has 19 heavy (non-hydrogen) atoms. The van der Waals surface area contributed by atoms with Gasteiger partial charge < -0.3 is 10.6 Å². The molecule has 0 aromatic carbocycles. The molecule has 6 heteroatoms. The van der Waals surface area contributed by atoms with Gasteiger partial charge in [0.2, 0.25) is 0 Å². The van der Waals surface area contributed by atoms with Gasteiger partial charge in [0.15, 0.2) is 5.69 Å². The van der Waals surface area contributed by atoms with Crippen LogP contribution in [0.25, 0.3) is 0 Å². The van der Waals surface area contributed by atoms with Crippen LogP contribution in [0.4, 0.5) is 5.82 Å². The fourth-order valence-electron chi connectivity index (χ4n) is 1.49. The third kappa shape index (κ3) is 3.74. The second-order valence-corrected chi connectivity index (χ2v) is 3.87. The maximum absolute atomic E-state index is 11.5. The van der Waals surface area contributed by atoms with Crippen molar-refractivity contribution in [2.45, 2.75) is 13.5 Å². The minimum Gasteiger partial charge on any atom is -0.365 e. The molecule has 2 aromatic rings. The third-order valence-corrected chi connectivity index (χ3v) is 2.46. The van der Waals surface area contributed by atoms with Crippen LogP contribution in [0.5, 0.6) is 0 Å². The minimum atomic E-state index is -0.212. The van der Waals surface area contributed by atoms with E-state index in [4.69, 9.17) is 0 Å². The molecule has 0 fully saturated rings. The van der Waals surface area contributed by atoms with E-state index >= 15 is 0 Å². The van der Waals surface area contributed by atoms with Crippen molar-refractivity contribution in [3.63, 3.8) is 0 Å². The first-order valence-corrected chi connectivity index (χ1v) is 6.04. The number of hydrogen-bond donors (Lipinski definition) is 2. The van der Waals surface area contributed by atoms with Crippen molar-refractivity contribution in [2.75, 3.05) is 11.9 Å². The second-order valence-electron chi connectivity index (χ2n) is 3.87. The smallest absolute Gasteiger partial charge is 0.271 e. The Morgan fingerprint density at radius 2 is 1.95 bits per heavy atom. The molecule has 0 aliphatic rings. The van der Waals surface area contributed by atoms with Crippen LogP contribution in [0, 0.1) is 0 Å². The Balaban J connectivity index is 1.94. The van der Waals surface area contributed by atoms with Gasteiger partial charge in [-0.3, -0.25) is 9.78 Å². The van der Waals surface area contributed by atoms with Gasteiger partial charge in [-0.2, -0.15) is 0 Å². The Morgan fingerprint density at radius 3 is 2.58 bits per heavy atom. The van der Waals surface area contributed by atoms with Crippen LogP contribution < -0.4 is 10.6 Å². The van der Waals surface area contributed by atoms with Crippen molar-refractivity contribution in [3.05, 3.63) is 47.9 Å². The number of anilines is 1. The molecule has 2 heterocycles. The van der Waals surface area contributed by atoms with Crippen LogP contribution in [0.1, 0.15) is 23.0 Å². The van der Waals surface area contributed by atoms with Gasteiger partial charge >= 0.3 is 0 Å². The molecule has 0 aliphatic carbocycles. The van der Waals surface area contributed by atoms with Crippen molar-refractivity contribution in [2.24, 2.45) is 0 Å². The molecule has 0 saturated carbocycles. The maximum Gasteiger partial charge on any atom is 0.271 e. The van der Waals surface area contributed by atoms with Gasteiger partial charge in [0.1, 0.15) is 5.82 Å². The Morgan fingerprint density at radius 1 is 1.16 bits per heavy atom. The molecule has 0 bridgehead atoms. The lowest BCUT2D eigenvalue weighted by Gasteiger charge is -2.05. The highest BCUT2D eigenvalue weighted by Crippen LogP contribution is 2.05. The Hall–Kier alpha value is -2.50. The predicted octanol–water partition coefficient (Wildman–Crippen LogP) is 1.23. The molecule has 1 amide bonds. The number of carbonyl (C=O) groups is 1. The van der Waals surface area contributed by atoms with Crippen molar-refractivity contribution in [3.8, 4) is 0 Å². The number of hydrogen-bond acceptors (Lipinski definition) is 5. The maximum atomic E-state index is 11.5. The lowest BCUT2D eigenvalue weighted by atomic mass is 10.3. The lowest BCUT2D eigenvalue weighted by Crippen LogP contribution is -2.24. The largest absolute Gasteiger partial charge is 0.365 e. The van der Waals surface area contributed by atoms with E-state index in [1.54, 1.807) is 24.5 Å². The summed E-state index contributed by atoms with van der Waals surface area (Å²) in [6.45, 7) is 3.07. The fourth-order valence-corrected chi connectivity index (χ4v) is 1.49. The Bertz CT molecular complexity index is 526. The molecule has 2 N–H and O–H groups in total. The number of nitrogens with zero attached hydrogens (tertiary/aromatic N) is 3. The first-order chi connectivity index (χ1) is 9.29. The van der Waals surface area contributed by atoms with Gasteiger partial charge in [-0.15, -0.1) is 10.2 Å². The zero-order chi connectivity index (χ0) is 13.5. The van der Waals surface area contributed by atoms with Crippen molar-refractivity contribution in [1.82, 2.24) is 20.5 Å². The number of amides is 1. The first-order valence-electron chi connectivity index (χ1n) is 6.04. The van der Waals surface area contributed by atoms with Gasteiger partial charge in [0.05, 0.1) is 0 Å². The highest BCUT2D eigenvalue weighted by molar-refractivity contribution is 5.92. The van der Waals surface area contributed by atoms with E-state index in [-0.39, 0.29) is 5.91 Å². The molecule has 6 nitrogen and oxygen atoms in total. The van der Waals surface area contributed by atoms with Gasteiger partial charge in [0.25, 0.3) is 5.91 Å². The summed E-state index contributed by atoms with van der Waals surface area (Å²) in [6.07, 6.45) is 3.47. The van der Waals surface area contributed by atoms with E-state index in [2.05, 4.69) is 25.8 Å². The lowest BCUT2D eigenvalue weighted by molar-refractivity contribution is 0.0950. The number of carbonyl (C=O) groups excluding carboxylic acids is 1. The molecule has 2 rings (SSSR count). The van der Waals surface area contributed by atoms with Crippen molar-refractivity contribution >= 4 is 11.7 Å². The average molecular weight is 257 g/mol. The zero-order valence-electron chi connectivity index (χ0n) is 10.6. The summed E-state index contributed by atoms with van der Waals surface area (Å²) >= 11 is 0. The molecule has 98 valence electrons. The summed E-state index contributed by atoms with van der Waals surface area (Å²) in [7, 11) is 0. The number of pyridine rings is 1. The monoisotopic (exact) mass is 257 g/mol. The van der Waals surface area contributed by atoms with E-state index in [0.717, 1.165) is 5.56 Å². The van der Waals surface area contributed by atoms with E-state index in [9.17, 15) is 4.79 Å². The van der Waals surface area contributed by atoms with Crippen molar-refractivity contribution in [1.29, 1.82) is 0 Å². The van der Waals surface area contributed by atoms with Crippen LogP contribution in [-0.4, -0.2) is 27.6 Å². The topological polar surface area (TPSA) is 79.8 Å². The summed E-state index contributed by atoms with van der Waals surface area (Å²) in [4.78, 5) is 15.4. The molecule has 0 radical (unpaired) electrons. The molecule has 0 aliphatic heterocycles. The average Bonchev–Trinajstić information content (AvgIpc) is 2.47. The molecular formula is C13H15N5O. The molecular weight excluding hydrogens is 242 g/mol. The summed E-state index contributed by atoms with van der Waals surface area (Å²) in [5.74, 6) is 0.417. The normalized spacial score (nSPS) is 9.95. The minimum absolute atomic E-state index is 0.212. The molecule has 0 saturated heterocycles. The number of aromatic nitrogens is 3. The van der Waals surface area contributed by atoms with Gasteiger partial charge in [-0.25, -0.2) is 0 Å². The van der Waals surface area contributed by atoms with Crippen LogP contribution in [0.15, 0.2) is 36.7 Å². The summed E-state index contributed by atoms with van der Waals surface area (Å²) in [6, 6.07) is 7.22. The second kappa shape index (κ2) is 6.44. The van der Waals surface area contributed by atoms with E-state index in [1.165, 1.54) is 0 Å². The van der Waals surface area contributed by atoms with Crippen molar-refractivity contribution < 1.29 is 4.79 Å². The van der Waals surface area contributed by atoms with E-state index in [1.807, 2.05) is 19.1 Å². The summed E-state index contributed by atoms with van der Waals surface area (Å²) < 4.78 is 0. The summed E-state index contributed by atoms with van der Waals surface area (Å²) in [5.41, 5.74) is 1.42. The standard InChI is InChI=1S/C13H15N5O/c1-2-15-13(19)11-3-4-12(18-17-11)16-9-10-5-7-14-8-6-10/h3-8H,2,9H2,1H3,(H,15,19)(H,16,18). The summed E-state index contributed by atoms with van der Waals surface area (Å²) in [5, 5.41) is 13.6. The Kier molecular flexibility index (Phi) is 4.39. The van der Waals surface area contributed by atoms with Crippen LogP contribution >= 0.6 is 0 Å². The molecule has 2 aromatic heterocycles. The SMILES string of the molecule is CCNC(=O)c1ccc(NCc2ccncc2)nn1. The molecule has 0 atom stereocenters. The number of rotatable bonds is 5. The van der Waals surface area contributed by atoms with Gasteiger partial charge in [-0.05, 0) is 36.8 Å². The van der Waals surface area contributed by atoms with Crippen LogP contribution in [-0.2, 0) is 6.54 Å². The molecule has 0 spiro atoms. The molecule has 0 unspecified atom stereocenters. The predicted molar refractivity (Wildman–Crippen MR) is 71.6 cm³/mol.